The fourth-order valence-electron chi connectivity index (χ4n) is 3.96. The molecule has 7 heteroatoms. The molecule has 0 saturated carbocycles. The summed E-state index contributed by atoms with van der Waals surface area (Å²) in [5.41, 5.74) is 1.87. The van der Waals surface area contributed by atoms with Crippen molar-refractivity contribution >= 4 is 23.7 Å². The summed E-state index contributed by atoms with van der Waals surface area (Å²) in [6, 6.07) is 16.8. The van der Waals surface area contributed by atoms with Crippen LogP contribution in [0.15, 0.2) is 54.6 Å². The first kappa shape index (κ1) is 28.9. The maximum Gasteiger partial charge on any atom is 0.411 e. The fraction of sp³-hybridized carbons (Fsp3) is 0.483. The average molecular weight is 498 g/mol. The summed E-state index contributed by atoms with van der Waals surface area (Å²) in [5, 5.41) is 12.5. The number of carbonyl (C=O) groups is 3. The van der Waals surface area contributed by atoms with Gasteiger partial charge in [0, 0.05) is 5.69 Å². The van der Waals surface area contributed by atoms with Gasteiger partial charge in [0.1, 0.15) is 12.2 Å². The summed E-state index contributed by atoms with van der Waals surface area (Å²) in [6.45, 7) is 9.45. The molecule has 2 N–H and O–H groups in total. The van der Waals surface area contributed by atoms with E-state index in [0.29, 0.717) is 31.4 Å². The van der Waals surface area contributed by atoms with Gasteiger partial charge in [-0.15, -0.1) is 0 Å². The first-order chi connectivity index (χ1) is 16.9. The largest absolute Gasteiger partial charge is 0.481 e. The molecule has 2 unspecified atom stereocenters. The average Bonchev–Trinajstić information content (AvgIpc) is 2.79. The Morgan fingerprint density at radius 1 is 0.917 bits per heavy atom. The van der Waals surface area contributed by atoms with Crippen LogP contribution in [0.25, 0.3) is 0 Å². The van der Waals surface area contributed by atoms with Gasteiger partial charge in [-0.1, -0.05) is 56.3 Å². The van der Waals surface area contributed by atoms with Crippen molar-refractivity contribution < 1.29 is 29.0 Å². The molecule has 0 aromatic heterocycles. The summed E-state index contributed by atoms with van der Waals surface area (Å²) in [4.78, 5) is 36.9. The van der Waals surface area contributed by atoms with Crippen molar-refractivity contribution in [3.05, 3.63) is 65.7 Å². The molecule has 2 aromatic rings. The molecule has 0 aliphatic carbocycles. The number of aryl methyl sites for hydroxylation is 1. The third kappa shape index (κ3) is 10.5. The van der Waals surface area contributed by atoms with Crippen LogP contribution in [0.5, 0.6) is 0 Å². The van der Waals surface area contributed by atoms with Crippen molar-refractivity contribution in [2.75, 3.05) is 5.32 Å². The number of benzene rings is 2. The van der Waals surface area contributed by atoms with Crippen molar-refractivity contribution in [2.45, 2.75) is 72.5 Å². The van der Waals surface area contributed by atoms with Crippen LogP contribution in [-0.2, 0) is 32.1 Å². The second kappa shape index (κ2) is 13.7. The van der Waals surface area contributed by atoms with E-state index >= 15 is 0 Å². The maximum atomic E-state index is 12.9. The Morgan fingerprint density at radius 3 is 2.11 bits per heavy atom. The minimum absolute atomic E-state index is 0.149. The van der Waals surface area contributed by atoms with Crippen LogP contribution in [-0.4, -0.2) is 28.7 Å². The van der Waals surface area contributed by atoms with E-state index in [-0.39, 0.29) is 12.5 Å². The van der Waals surface area contributed by atoms with E-state index in [2.05, 4.69) is 5.32 Å². The first-order valence-electron chi connectivity index (χ1n) is 12.5. The Balaban J connectivity index is 1.93. The molecule has 196 valence electrons. The Hall–Kier alpha value is -3.35. The van der Waals surface area contributed by atoms with Gasteiger partial charge in [-0.25, -0.2) is 4.79 Å². The van der Waals surface area contributed by atoms with E-state index in [0.717, 1.165) is 11.1 Å². The third-order valence-corrected chi connectivity index (χ3v) is 5.63. The standard InChI is InChI=1S/C29H39NO6/c1-20(2)18-25(26(31)32)24(27(33)36-29(3,4)5)13-9-12-21-14-16-23(17-15-21)30-28(34)35-19-22-10-7-6-8-11-22/h6-8,10-11,14-17,20,24-25H,9,12-13,18-19H2,1-5H3,(H,30,34)(H,31,32). The zero-order valence-corrected chi connectivity index (χ0v) is 22.0. The number of rotatable bonds is 12. The highest BCUT2D eigenvalue weighted by molar-refractivity contribution is 5.84. The number of anilines is 1. The van der Waals surface area contributed by atoms with Crippen LogP contribution in [0.2, 0.25) is 0 Å². The van der Waals surface area contributed by atoms with E-state index in [1.807, 2.05) is 56.3 Å². The highest BCUT2D eigenvalue weighted by Crippen LogP contribution is 2.29. The summed E-state index contributed by atoms with van der Waals surface area (Å²) in [7, 11) is 0. The highest BCUT2D eigenvalue weighted by Gasteiger charge is 2.36. The lowest BCUT2D eigenvalue weighted by atomic mass is 9.82. The van der Waals surface area contributed by atoms with Gasteiger partial charge in [0.25, 0.3) is 0 Å². The van der Waals surface area contributed by atoms with Gasteiger partial charge in [0.2, 0.25) is 0 Å². The fourth-order valence-corrected chi connectivity index (χ4v) is 3.96. The SMILES string of the molecule is CC(C)CC(C(=O)O)C(CCCc1ccc(NC(=O)OCc2ccccc2)cc1)C(=O)OC(C)(C)C. The van der Waals surface area contributed by atoms with Gasteiger partial charge in [-0.05, 0) is 75.6 Å². The minimum Gasteiger partial charge on any atom is -0.481 e. The molecule has 36 heavy (non-hydrogen) atoms. The molecular formula is C29H39NO6. The molecule has 7 nitrogen and oxygen atoms in total. The van der Waals surface area contributed by atoms with Crippen LogP contribution in [0.4, 0.5) is 10.5 Å². The predicted molar refractivity (Wildman–Crippen MR) is 140 cm³/mol. The van der Waals surface area contributed by atoms with Crippen LogP contribution in [0, 0.1) is 17.8 Å². The van der Waals surface area contributed by atoms with Gasteiger partial charge >= 0.3 is 18.0 Å². The number of ether oxygens (including phenoxy) is 2. The topological polar surface area (TPSA) is 102 Å². The van der Waals surface area contributed by atoms with Gasteiger partial charge in [0.15, 0.2) is 0 Å². The van der Waals surface area contributed by atoms with E-state index in [9.17, 15) is 19.5 Å². The normalized spacial score (nSPS) is 13.1. The Morgan fingerprint density at radius 2 is 1.56 bits per heavy atom. The van der Waals surface area contributed by atoms with E-state index in [1.165, 1.54) is 0 Å². The number of nitrogens with one attached hydrogen (secondary N) is 1. The van der Waals surface area contributed by atoms with Crippen molar-refractivity contribution in [1.29, 1.82) is 0 Å². The number of carbonyl (C=O) groups excluding carboxylic acids is 2. The maximum absolute atomic E-state index is 12.9. The van der Waals surface area contributed by atoms with Crippen molar-refractivity contribution in [1.82, 2.24) is 0 Å². The summed E-state index contributed by atoms with van der Waals surface area (Å²) < 4.78 is 10.8. The molecule has 0 heterocycles. The zero-order valence-electron chi connectivity index (χ0n) is 22.0. The second-order valence-electron chi connectivity index (χ2n) is 10.5. The molecule has 0 bridgehead atoms. The lowest BCUT2D eigenvalue weighted by Gasteiger charge is -2.28. The number of carboxylic acid groups (broad SMARTS) is 1. The van der Waals surface area contributed by atoms with E-state index in [1.54, 1.807) is 32.9 Å². The Bertz CT molecular complexity index is 979. The van der Waals surface area contributed by atoms with Crippen LogP contribution in [0.3, 0.4) is 0 Å². The summed E-state index contributed by atoms with van der Waals surface area (Å²) in [5.74, 6) is -2.76. The smallest absolute Gasteiger partial charge is 0.411 e. The molecular weight excluding hydrogens is 458 g/mol. The summed E-state index contributed by atoms with van der Waals surface area (Å²) >= 11 is 0. The number of hydrogen-bond acceptors (Lipinski definition) is 5. The lowest BCUT2D eigenvalue weighted by Crippen LogP contribution is -2.36. The zero-order chi connectivity index (χ0) is 26.7. The number of aliphatic carboxylic acids is 1. The molecule has 0 aliphatic rings. The van der Waals surface area contributed by atoms with Crippen molar-refractivity contribution in [2.24, 2.45) is 17.8 Å². The van der Waals surface area contributed by atoms with Gasteiger partial charge in [-0.2, -0.15) is 0 Å². The number of amides is 1. The van der Waals surface area contributed by atoms with E-state index < -0.39 is 35.5 Å². The van der Waals surface area contributed by atoms with Crippen molar-refractivity contribution in [3.8, 4) is 0 Å². The molecule has 0 fully saturated rings. The monoisotopic (exact) mass is 497 g/mol. The minimum atomic E-state index is -0.964. The Kier molecular flexibility index (Phi) is 11.0. The number of carboxylic acids is 1. The second-order valence-corrected chi connectivity index (χ2v) is 10.5. The molecule has 2 aromatic carbocycles. The van der Waals surface area contributed by atoms with Gasteiger partial charge in [-0.3, -0.25) is 14.9 Å². The highest BCUT2D eigenvalue weighted by atomic mass is 16.6. The predicted octanol–water partition coefficient (Wildman–Crippen LogP) is 6.46. The van der Waals surface area contributed by atoms with E-state index in [4.69, 9.17) is 9.47 Å². The van der Waals surface area contributed by atoms with Crippen molar-refractivity contribution in [3.63, 3.8) is 0 Å². The molecule has 0 aliphatic heterocycles. The third-order valence-electron chi connectivity index (χ3n) is 5.63. The lowest BCUT2D eigenvalue weighted by molar-refractivity contribution is -0.167. The molecule has 2 atom stereocenters. The number of hydrogen-bond donors (Lipinski definition) is 2. The molecule has 0 radical (unpaired) electrons. The van der Waals surface area contributed by atoms with Gasteiger partial charge in [0.05, 0.1) is 11.8 Å². The quantitative estimate of drug-likeness (QED) is 0.326. The molecule has 0 spiro atoms. The van der Waals surface area contributed by atoms with Crippen LogP contribution < -0.4 is 5.32 Å². The number of esters is 1. The van der Waals surface area contributed by atoms with Gasteiger partial charge < -0.3 is 14.6 Å². The van der Waals surface area contributed by atoms with Crippen LogP contribution >= 0.6 is 0 Å². The molecule has 0 saturated heterocycles. The first-order valence-corrected chi connectivity index (χ1v) is 12.5. The molecule has 2 rings (SSSR count). The Labute approximate surface area is 214 Å². The summed E-state index contributed by atoms with van der Waals surface area (Å²) in [6.07, 6.45) is 1.62. The van der Waals surface area contributed by atoms with Crippen LogP contribution in [0.1, 0.15) is 65.0 Å². The molecule has 1 amide bonds.